The Balaban J connectivity index is 2.50. The molecule has 0 spiro atoms. The summed E-state index contributed by atoms with van der Waals surface area (Å²) < 4.78 is 0. The van der Waals surface area contributed by atoms with E-state index in [0.29, 0.717) is 11.8 Å². The third kappa shape index (κ3) is 3.55. The molecule has 0 aliphatic heterocycles. The molecule has 2 N–H and O–H groups in total. The van der Waals surface area contributed by atoms with Crippen molar-refractivity contribution in [3.8, 4) is 0 Å². The fourth-order valence-corrected chi connectivity index (χ4v) is 1.94. The SMILES string of the molecule is CC(CN)SCc1ccncc1Cl. The van der Waals surface area contributed by atoms with Crippen molar-refractivity contribution < 1.29 is 0 Å². The van der Waals surface area contributed by atoms with Gasteiger partial charge in [-0.3, -0.25) is 4.98 Å². The Labute approximate surface area is 87.9 Å². The molecule has 13 heavy (non-hydrogen) atoms. The van der Waals surface area contributed by atoms with Crippen molar-refractivity contribution in [3.63, 3.8) is 0 Å². The van der Waals surface area contributed by atoms with Crippen LogP contribution in [0.25, 0.3) is 0 Å². The smallest absolute Gasteiger partial charge is 0.0629 e. The van der Waals surface area contributed by atoms with Crippen LogP contribution in [0.5, 0.6) is 0 Å². The summed E-state index contributed by atoms with van der Waals surface area (Å²) in [5, 5.41) is 1.21. The fraction of sp³-hybridized carbons (Fsp3) is 0.444. The third-order valence-corrected chi connectivity index (χ3v) is 3.29. The van der Waals surface area contributed by atoms with Gasteiger partial charge in [0.15, 0.2) is 0 Å². The zero-order valence-corrected chi connectivity index (χ0v) is 9.11. The van der Waals surface area contributed by atoms with Gasteiger partial charge in [-0.25, -0.2) is 0 Å². The predicted octanol–water partition coefficient (Wildman–Crippen LogP) is 2.32. The highest BCUT2D eigenvalue weighted by Crippen LogP contribution is 2.22. The van der Waals surface area contributed by atoms with E-state index in [1.165, 1.54) is 0 Å². The lowest BCUT2D eigenvalue weighted by Gasteiger charge is -2.08. The molecule has 0 fully saturated rings. The van der Waals surface area contributed by atoms with Crippen molar-refractivity contribution in [1.29, 1.82) is 0 Å². The van der Waals surface area contributed by atoms with Crippen molar-refractivity contribution >= 4 is 23.4 Å². The topological polar surface area (TPSA) is 38.9 Å². The van der Waals surface area contributed by atoms with Crippen LogP contribution in [0.4, 0.5) is 0 Å². The van der Waals surface area contributed by atoms with E-state index in [0.717, 1.165) is 16.3 Å². The number of aromatic nitrogens is 1. The van der Waals surface area contributed by atoms with Crippen LogP contribution in [-0.2, 0) is 5.75 Å². The molecule has 0 aliphatic carbocycles. The predicted molar refractivity (Wildman–Crippen MR) is 59.1 cm³/mol. The minimum absolute atomic E-state index is 0.476. The average molecular weight is 217 g/mol. The standard InChI is InChI=1S/C9H13ClN2S/c1-7(4-11)13-6-8-2-3-12-5-9(8)10/h2-3,5,7H,4,6,11H2,1H3. The maximum Gasteiger partial charge on any atom is 0.0629 e. The first kappa shape index (κ1) is 10.8. The first-order valence-electron chi connectivity index (χ1n) is 4.14. The van der Waals surface area contributed by atoms with Crippen LogP contribution < -0.4 is 5.73 Å². The van der Waals surface area contributed by atoms with Crippen LogP contribution in [-0.4, -0.2) is 16.8 Å². The highest BCUT2D eigenvalue weighted by atomic mass is 35.5. The number of hydrogen-bond donors (Lipinski definition) is 1. The highest BCUT2D eigenvalue weighted by Gasteiger charge is 2.03. The first-order chi connectivity index (χ1) is 6.24. The molecule has 1 atom stereocenters. The normalized spacial score (nSPS) is 12.8. The number of thioether (sulfide) groups is 1. The molecule has 4 heteroatoms. The summed E-state index contributed by atoms with van der Waals surface area (Å²) in [6, 6.07) is 1.94. The zero-order chi connectivity index (χ0) is 9.68. The third-order valence-electron chi connectivity index (χ3n) is 1.71. The number of pyridine rings is 1. The van der Waals surface area contributed by atoms with Gasteiger partial charge < -0.3 is 5.73 Å². The van der Waals surface area contributed by atoms with E-state index in [1.807, 2.05) is 6.07 Å². The molecule has 0 radical (unpaired) electrons. The molecular formula is C9H13ClN2S. The van der Waals surface area contributed by atoms with Gasteiger partial charge >= 0.3 is 0 Å². The van der Waals surface area contributed by atoms with Gasteiger partial charge in [-0.2, -0.15) is 11.8 Å². The molecule has 1 aromatic rings. The fourth-order valence-electron chi connectivity index (χ4n) is 0.821. The van der Waals surface area contributed by atoms with Crippen molar-refractivity contribution in [1.82, 2.24) is 4.98 Å². The van der Waals surface area contributed by atoms with Gasteiger partial charge in [-0.1, -0.05) is 18.5 Å². The molecule has 1 heterocycles. The minimum atomic E-state index is 0.476. The van der Waals surface area contributed by atoms with E-state index in [1.54, 1.807) is 24.2 Å². The second-order valence-corrected chi connectivity index (χ2v) is 4.66. The molecule has 0 bridgehead atoms. The van der Waals surface area contributed by atoms with Gasteiger partial charge in [-0.05, 0) is 11.6 Å². The molecule has 0 amide bonds. The summed E-state index contributed by atoms with van der Waals surface area (Å²) >= 11 is 7.75. The van der Waals surface area contributed by atoms with Crippen LogP contribution in [0.3, 0.4) is 0 Å². The van der Waals surface area contributed by atoms with Crippen LogP contribution in [0.2, 0.25) is 5.02 Å². The van der Waals surface area contributed by atoms with E-state index < -0.39 is 0 Å². The number of halogens is 1. The van der Waals surface area contributed by atoms with Crippen molar-refractivity contribution in [3.05, 3.63) is 29.0 Å². The Kier molecular flexibility index (Phi) is 4.56. The Bertz CT molecular complexity index is 268. The molecule has 1 unspecified atom stereocenters. The lowest BCUT2D eigenvalue weighted by molar-refractivity contribution is 0.950. The summed E-state index contributed by atoms with van der Waals surface area (Å²) in [5.74, 6) is 0.902. The Morgan fingerprint density at radius 3 is 3.08 bits per heavy atom. The molecule has 1 rings (SSSR count). The molecule has 2 nitrogen and oxygen atoms in total. The zero-order valence-electron chi connectivity index (χ0n) is 7.53. The van der Waals surface area contributed by atoms with Gasteiger partial charge in [0.1, 0.15) is 0 Å². The van der Waals surface area contributed by atoms with Crippen molar-refractivity contribution in [2.45, 2.75) is 17.9 Å². The van der Waals surface area contributed by atoms with Crippen molar-refractivity contribution in [2.24, 2.45) is 5.73 Å². The highest BCUT2D eigenvalue weighted by molar-refractivity contribution is 7.99. The lowest BCUT2D eigenvalue weighted by Crippen LogP contribution is -2.12. The maximum atomic E-state index is 5.94. The van der Waals surface area contributed by atoms with E-state index >= 15 is 0 Å². The van der Waals surface area contributed by atoms with E-state index in [-0.39, 0.29) is 0 Å². The molecule has 72 valence electrons. The lowest BCUT2D eigenvalue weighted by atomic mass is 10.3. The first-order valence-corrected chi connectivity index (χ1v) is 5.56. The second kappa shape index (κ2) is 5.47. The quantitative estimate of drug-likeness (QED) is 0.840. The number of nitrogens with zero attached hydrogens (tertiary/aromatic N) is 1. The molecular weight excluding hydrogens is 204 g/mol. The maximum absolute atomic E-state index is 5.94. The Morgan fingerprint density at radius 1 is 1.69 bits per heavy atom. The number of hydrogen-bond acceptors (Lipinski definition) is 3. The molecule has 0 saturated heterocycles. The minimum Gasteiger partial charge on any atom is -0.329 e. The van der Waals surface area contributed by atoms with Gasteiger partial charge in [0, 0.05) is 29.9 Å². The van der Waals surface area contributed by atoms with Gasteiger partial charge in [0.05, 0.1) is 5.02 Å². The van der Waals surface area contributed by atoms with E-state index in [4.69, 9.17) is 17.3 Å². The largest absolute Gasteiger partial charge is 0.329 e. The molecule has 0 saturated carbocycles. The summed E-state index contributed by atoms with van der Waals surface area (Å²) in [6.07, 6.45) is 3.43. The monoisotopic (exact) mass is 216 g/mol. The summed E-state index contributed by atoms with van der Waals surface area (Å²) in [5.41, 5.74) is 6.63. The molecule has 0 aliphatic rings. The van der Waals surface area contributed by atoms with Gasteiger partial charge in [-0.15, -0.1) is 0 Å². The van der Waals surface area contributed by atoms with Gasteiger partial charge in [0.2, 0.25) is 0 Å². The van der Waals surface area contributed by atoms with Crippen molar-refractivity contribution in [2.75, 3.05) is 6.54 Å². The van der Waals surface area contributed by atoms with Crippen LogP contribution in [0, 0.1) is 0 Å². The number of rotatable bonds is 4. The molecule has 1 aromatic heterocycles. The average Bonchev–Trinajstić information content (AvgIpc) is 2.16. The van der Waals surface area contributed by atoms with Crippen LogP contribution in [0.15, 0.2) is 18.5 Å². The van der Waals surface area contributed by atoms with E-state index in [9.17, 15) is 0 Å². The van der Waals surface area contributed by atoms with Crippen LogP contribution in [0.1, 0.15) is 12.5 Å². The number of nitrogens with two attached hydrogens (primary N) is 1. The molecule has 0 aromatic carbocycles. The van der Waals surface area contributed by atoms with E-state index in [2.05, 4.69) is 11.9 Å². The Morgan fingerprint density at radius 2 is 2.46 bits per heavy atom. The van der Waals surface area contributed by atoms with Crippen LogP contribution >= 0.6 is 23.4 Å². The Hall–Kier alpha value is -0.250. The second-order valence-electron chi connectivity index (χ2n) is 2.82. The summed E-state index contributed by atoms with van der Waals surface area (Å²) in [6.45, 7) is 2.81. The van der Waals surface area contributed by atoms with Gasteiger partial charge in [0.25, 0.3) is 0 Å². The summed E-state index contributed by atoms with van der Waals surface area (Å²) in [7, 11) is 0. The summed E-state index contributed by atoms with van der Waals surface area (Å²) in [4.78, 5) is 3.93.